The zero-order chi connectivity index (χ0) is 17.2. The van der Waals surface area contributed by atoms with Gasteiger partial charge in [0.05, 0.1) is 5.56 Å². The average Bonchev–Trinajstić information content (AvgIpc) is 2.48. The Morgan fingerprint density at radius 3 is 2.22 bits per heavy atom. The third-order valence-electron chi connectivity index (χ3n) is 3.73. The number of phenols is 1. The first kappa shape index (κ1) is 16.8. The van der Waals surface area contributed by atoms with Gasteiger partial charge in [-0.2, -0.15) is 0 Å². The fourth-order valence-corrected chi connectivity index (χ4v) is 2.27. The molecule has 0 amide bonds. The van der Waals surface area contributed by atoms with E-state index >= 15 is 0 Å². The van der Waals surface area contributed by atoms with Crippen molar-refractivity contribution in [1.29, 1.82) is 0 Å². The Morgan fingerprint density at radius 1 is 1.04 bits per heavy atom. The van der Waals surface area contributed by atoms with Gasteiger partial charge in [-0.1, -0.05) is 56.7 Å². The van der Waals surface area contributed by atoms with Crippen molar-refractivity contribution in [2.45, 2.75) is 33.1 Å². The molecular formula is C20H22O3. The van der Waals surface area contributed by atoms with Gasteiger partial charge in [-0.15, -0.1) is 0 Å². The number of carbonyl (C=O) groups is 1. The summed E-state index contributed by atoms with van der Waals surface area (Å²) in [7, 11) is 0. The van der Waals surface area contributed by atoms with Crippen molar-refractivity contribution in [3.63, 3.8) is 0 Å². The number of carbonyl (C=O) groups excluding carboxylic acids is 1. The van der Waals surface area contributed by atoms with Crippen LogP contribution in [0, 0.1) is 6.92 Å². The zero-order valence-electron chi connectivity index (χ0n) is 13.9. The number of aryl methyl sites for hydroxylation is 1. The van der Waals surface area contributed by atoms with Crippen LogP contribution in [0.2, 0.25) is 0 Å². The Morgan fingerprint density at radius 2 is 1.65 bits per heavy atom. The van der Waals surface area contributed by atoms with E-state index in [0.717, 1.165) is 17.2 Å². The van der Waals surface area contributed by atoms with E-state index in [9.17, 15) is 15.0 Å². The Labute approximate surface area is 136 Å². The average molecular weight is 310 g/mol. The molecule has 2 aromatic rings. The molecule has 0 aliphatic heterocycles. The van der Waals surface area contributed by atoms with E-state index in [1.807, 2.05) is 19.1 Å². The van der Waals surface area contributed by atoms with E-state index in [4.69, 9.17) is 0 Å². The molecule has 0 spiro atoms. The number of aromatic hydroxyl groups is 1. The molecule has 2 aromatic carbocycles. The monoisotopic (exact) mass is 310 g/mol. The molecule has 120 valence electrons. The molecule has 2 N–H and O–H groups in total. The van der Waals surface area contributed by atoms with Crippen LogP contribution in [0.25, 0.3) is 5.76 Å². The van der Waals surface area contributed by atoms with Gasteiger partial charge in [0.1, 0.15) is 11.5 Å². The van der Waals surface area contributed by atoms with E-state index in [0.29, 0.717) is 5.56 Å². The first-order chi connectivity index (χ1) is 10.7. The van der Waals surface area contributed by atoms with Crippen LogP contribution >= 0.6 is 0 Å². The molecular weight excluding hydrogens is 288 g/mol. The van der Waals surface area contributed by atoms with Crippen LogP contribution in [0.3, 0.4) is 0 Å². The second-order valence-corrected chi connectivity index (χ2v) is 6.74. The van der Waals surface area contributed by atoms with Gasteiger partial charge in [-0.05, 0) is 30.0 Å². The van der Waals surface area contributed by atoms with Crippen LogP contribution in [0.15, 0.2) is 48.5 Å². The fourth-order valence-electron chi connectivity index (χ4n) is 2.27. The predicted molar refractivity (Wildman–Crippen MR) is 92.9 cm³/mol. The van der Waals surface area contributed by atoms with Gasteiger partial charge in [-0.25, -0.2) is 0 Å². The SMILES string of the molecule is Cc1ccc(O)c(C(=O)C=C(O)c2ccc(C(C)(C)C)cc2)c1. The van der Waals surface area contributed by atoms with Crippen molar-refractivity contribution < 1.29 is 15.0 Å². The Kier molecular flexibility index (Phi) is 4.60. The summed E-state index contributed by atoms with van der Waals surface area (Å²) in [6, 6.07) is 12.3. The highest BCUT2D eigenvalue weighted by Crippen LogP contribution is 2.25. The Bertz CT molecular complexity index is 747. The molecule has 0 heterocycles. The molecule has 0 aliphatic rings. The number of aliphatic hydroxyl groups is 1. The summed E-state index contributed by atoms with van der Waals surface area (Å²) >= 11 is 0. The van der Waals surface area contributed by atoms with Gasteiger partial charge in [-0.3, -0.25) is 4.79 Å². The second kappa shape index (κ2) is 6.29. The van der Waals surface area contributed by atoms with Gasteiger partial charge >= 0.3 is 0 Å². The van der Waals surface area contributed by atoms with E-state index in [-0.39, 0.29) is 22.5 Å². The first-order valence-corrected chi connectivity index (χ1v) is 7.54. The lowest BCUT2D eigenvalue weighted by Crippen LogP contribution is -2.10. The van der Waals surface area contributed by atoms with E-state index in [2.05, 4.69) is 20.8 Å². The molecule has 0 radical (unpaired) electrons. The topological polar surface area (TPSA) is 57.5 Å². The van der Waals surface area contributed by atoms with Gasteiger partial charge in [0.15, 0.2) is 5.78 Å². The minimum absolute atomic E-state index is 0.0288. The molecule has 2 rings (SSSR count). The molecule has 0 bridgehead atoms. The summed E-state index contributed by atoms with van der Waals surface area (Å²) in [5.74, 6) is -0.632. The number of benzene rings is 2. The fraction of sp³-hybridized carbons (Fsp3) is 0.250. The number of hydrogen-bond donors (Lipinski definition) is 2. The van der Waals surface area contributed by atoms with Gasteiger partial charge in [0.2, 0.25) is 0 Å². The third-order valence-corrected chi connectivity index (χ3v) is 3.73. The lowest BCUT2D eigenvalue weighted by atomic mass is 9.86. The largest absolute Gasteiger partial charge is 0.507 e. The van der Waals surface area contributed by atoms with Gasteiger partial charge in [0, 0.05) is 11.6 Å². The first-order valence-electron chi connectivity index (χ1n) is 7.54. The Balaban J connectivity index is 2.28. The highest BCUT2D eigenvalue weighted by atomic mass is 16.3. The minimum atomic E-state index is -0.427. The maximum atomic E-state index is 12.2. The van der Waals surface area contributed by atoms with Gasteiger partial charge < -0.3 is 10.2 Å². The predicted octanol–water partition coefficient (Wildman–Crippen LogP) is 4.78. The highest BCUT2D eigenvalue weighted by molar-refractivity contribution is 6.09. The Hall–Kier alpha value is -2.55. The number of phenolic OH excluding ortho intramolecular Hbond substituents is 1. The third kappa shape index (κ3) is 4.01. The standard InChI is InChI=1S/C20H22O3/c1-13-5-10-17(21)16(11-13)19(23)12-18(22)14-6-8-15(9-7-14)20(2,3)4/h5-12,21-22H,1-4H3. The lowest BCUT2D eigenvalue weighted by molar-refractivity contribution is 0.104. The number of rotatable bonds is 3. The molecule has 0 saturated carbocycles. The molecule has 0 aromatic heterocycles. The van der Waals surface area contributed by atoms with Crippen LogP contribution < -0.4 is 0 Å². The molecule has 0 unspecified atom stereocenters. The second-order valence-electron chi connectivity index (χ2n) is 6.74. The summed E-state index contributed by atoms with van der Waals surface area (Å²) in [5, 5.41) is 19.9. The quantitative estimate of drug-likeness (QED) is 0.487. The zero-order valence-corrected chi connectivity index (χ0v) is 13.9. The summed E-state index contributed by atoms with van der Waals surface area (Å²) in [6.45, 7) is 8.18. The van der Waals surface area contributed by atoms with Crippen molar-refractivity contribution >= 4 is 11.5 Å². The van der Waals surface area contributed by atoms with Crippen LogP contribution in [-0.2, 0) is 5.41 Å². The summed E-state index contributed by atoms with van der Waals surface area (Å²) in [4.78, 5) is 12.2. The number of allylic oxidation sites excluding steroid dienone is 1. The van der Waals surface area contributed by atoms with Crippen LogP contribution in [0.1, 0.15) is 47.8 Å². The van der Waals surface area contributed by atoms with E-state index in [1.54, 1.807) is 24.3 Å². The van der Waals surface area contributed by atoms with Crippen LogP contribution in [0.4, 0.5) is 0 Å². The smallest absolute Gasteiger partial charge is 0.193 e. The maximum Gasteiger partial charge on any atom is 0.193 e. The summed E-state index contributed by atoms with van der Waals surface area (Å²) in [5.41, 5.74) is 2.80. The van der Waals surface area contributed by atoms with Crippen molar-refractivity contribution in [2.75, 3.05) is 0 Å². The molecule has 0 aliphatic carbocycles. The molecule has 3 nitrogen and oxygen atoms in total. The van der Waals surface area contributed by atoms with Crippen molar-refractivity contribution in [3.05, 3.63) is 70.8 Å². The van der Waals surface area contributed by atoms with Gasteiger partial charge in [0.25, 0.3) is 0 Å². The highest BCUT2D eigenvalue weighted by Gasteiger charge is 2.14. The number of ketones is 1. The van der Waals surface area contributed by atoms with Crippen LogP contribution in [-0.4, -0.2) is 16.0 Å². The van der Waals surface area contributed by atoms with E-state index in [1.165, 1.54) is 6.07 Å². The van der Waals surface area contributed by atoms with E-state index < -0.39 is 5.78 Å². The molecule has 0 fully saturated rings. The number of aliphatic hydroxyl groups excluding tert-OH is 1. The van der Waals surface area contributed by atoms with Crippen molar-refractivity contribution in [2.24, 2.45) is 0 Å². The lowest BCUT2D eigenvalue weighted by Gasteiger charge is -2.19. The summed E-state index contributed by atoms with van der Waals surface area (Å²) < 4.78 is 0. The van der Waals surface area contributed by atoms with Crippen LogP contribution in [0.5, 0.6) is 5.75 Å². The van der Waals surface area contributed by atoms with Crippen molar-refractivity contribution in [1.82, 2.24) is 0 Å². The van der Waals surface area contributed by atoms with Crippen molar-refractivity contribution in [3.8, 4) is 5.75 Å². The number of hydrogen-bond acceptors (Lipinski definition) is 3. The maximum absolute atomic E-state index is 12.2. The normalized spacial score (nSPS) is 12.3. The summed E-state index contributed by atoms with van der Waals surface area (Å²) in [6.07, 6.45) is 1.14. The molecule has 0 saturated heterocycles. The molecule has 3 heteroatoms. The molecule has 23 heavy (non-hydrogen) atoms. The molecule has 0 atom stereocenters. The minimum Gasteiger partial charge on any atom is -0.507 e.